The Morgan fingerprint density at radius 3 is 2.75 bits per heavy atom. The van der Waals surface area contributed by atoms with Gasteiger partial charge in [-0.3, -0.25) is 10.1 Å². The van der Waals surface area contributed by atoms with Crippen LogP contribution < -0.4 is 16.0 Å². The first kappa shape index (κ1) is 14.4. The average Bonchev–Trinajstić information content (AvgIpc) is 2.42. The van der Waals surface area contributed by atoms with E-state index in [1.165, 1.54) is 6.33 Å². The van der Waals surface area contributed by atoms with E-state index < -0.39 is 4.92 Å². The maximum absolute atomic E-state index is 11.1. The number of ether oxygens (including phenoxy) is 1. The predicted molar refractivity (Wildman–Crippen MR) is 73.1 cm³/mol. The molecule has 0 saturated heterocycles. The highest BCUT2D eigenvalue weighted by atomic mass is 16.6. The summed E-state index contributed by atoms with van der Waals surface area (Å²) in [5.41, 5.74) is 1.88. The highest BCUT2D eigenvalue weighted by Crippen LogP contribution is 2.35. The lowest BCUT2D eigenvalue weighted by molar-refractivity contribution is -0.385. The van der Waals surface area contributed by atoms with E-state index in [1.807, 2.05) is 0 Å². The van der Waals surface area contributed by atoms with E-state index in [2.05, 4.69) is 29.2 Å². The van der Waals surface area contributed by atoms with Crippen LogP contribution in [0.15, 0.2) is 6.33 Å². The van der Waals surface area contributed by atoms with Gasteiger partial charge in [0, 0.05) is 0 Å². The molecular formula is C12H19N5O3. The second-order valence-corrected chi connectivity index (χ2v) is 5.28. The van der Waals surface area contributed by atoms with Gasteiger partial charge in [0.25, 0.3) is 5.88 Å². The highest BCUT2D eigenvalue weighted by molar-refractivity contribution is 5.60. The van der Waals surface area contributed by atoms with Gasteiger partial charge in [-0.1, -0.05) is 13.8 Å². The van der Waals surface area contributed by atoms with Crippen molar-refractivity contribution in [1.82, 2.24) is 9.97 Å². The van der Waals surface area contributed by atoms with Crippen LogP contribution in [0.5, 0.6) is 5.88 Å². The minimum Gasteiger partial charge on any atom is -0.469 e. The molecule has 0 bridgehead atoms. The number of nitro groups is 1. The molecule has 1 aliphatic rings. The van der Waals surface area contributed by atoms with Crippen LogP contribution in [-0.2, 0) is 0 Å². The number of nitrogens with two attached hydrogens (primary N) is 1. The summed E-state index contributed by atoms with van der Waals surface area (Å²) < 4.78 is 5.72. The van der Waals surface area contributed by atoms with Crippen molar-refractivity contribution < 1.29 is 9.66 Å². The number of nitrogen functional groups attached to an aromatic ring is 1. The van der Waals surface area contributed by atoms with Crippen LogP contribution in [-0.4, -0.2) is 21.0 Å². The van der Waals surface area contributed by atoms with Crippen LogP contribution in [0.25, 0.3) is 0 Å². The van der Waals surface area contributed by atoms with Crippen LogP contribution in [0.3, 0.4) is 0 Å². The Balaban J connectivity index is 2.19. The Labute approximate surface area is 116 Å². The third-order valence-corrected chi connectivity index (χ3v) is 3.94. The van der Waals surface area contributed by atoms with Gasteiger partial charge in [-0.05, 0) is 31.1 Å². The van der Waals surface area contributed by atoms with Crippen molar-refractivity contribution in [2.75, 3.05) is 5.43 Å². The molecule has 8 nitrogen and oxygen atoms in total. The molecule has 1 fully saturated rings. The fraction of sp³-hybridized carbons (Fsp3) is 0.667. The van der Waals surface area contributed by atoms with Gasteiger partial charge in [-0.15, -0.1) is 0 Å². The Hall–Kier alpha value is -1.96. The second-order valence-electron chi connectivity index (χ2n) is 5.28. The highest BCUT2D eigenvalue weighted by Gasteiger charge is 2.30. The van der Waals surface area contributed by atoms with Crippen molar-refractivity contribution >= 4 is 11.5 Å². The zero-order valence-electron chi connectivity index (χ0n) is 11.6. The number of hydrogen-bond donors (Lipinski definition) is 2. The number of aromatic nitrogens is 2. The van der Waals surface area contributed by atoms with Crippen LogP contribution >= 0.6 is 0 Å². The van der Waals surface area contributed by atoms with Gasteiger partial charge in [-0.25, -0.2) is 10.8 Å². The molecule has 8 heteroatoms. The lowest BCUT2D eigenvalue weighted by Crippen LogP contribution is -2.29. The molecule has 3 unspecified atom stereocenters. The molecule has 3 N–H and O–H groups in total. The lowest BCUT2D eigenvalue weighted by atomic mass is 9.80. The minimum absolute atomic E-state index is 0.0234. The van der Waals surface area contributed by atoms with Crippen LogP contribution in [0.2, 0.25) is 0 Å². The van der Waals surface area contributed by atoms with Crippen molar-refractivity contribution in [3.63, 3.8) is 0 Å². The minimum atomic E-state index is -0.584. The molecule has 2 rings (SSSR count). The normalized spacial score (nSPS) is 26.1. The number of rotatable bonds is 4. The first-order chi connectivity index (χ1) is 9.52. The van der Waals surface area contributed by atoms with Crippen molar-refractivity contribution in [1.29, 1.82) is 0 Å². The quantitative estimate of drug-likeness (QED) is 0.491. The van der Waals surface area contributed by atoms with Crippen molar-refractivity contribution in [2.24, 2.45) is 17.7 Å². The Morgan fingerprint density at radius 2 is 2.15 bits per heavy atom. The molecular weight excluding hydrogens is 262 g/mol. The summed E-state index contributed by atoms with van der Waals surface area (Å²) >= 11 is 0. The average molecular weight is 281 g/mol. The molecule has 1 aromatic heterocycles. The summed E-state index contributed by atoms with van der Waals surface area (Å²) in [6, 6.07) is 0. The Kier molecular flexibility index (Phi) is 4.33. The number of nitrogens with zero attached hydrogens (tertiary/aromatic N) is 3. The second kappa shape index (κ2) is 6.00. The van der Waals surface area contributed by atoms with E-state index in [0.717, 1.165) is 19.3 Å². The first-order valence-corrected chi connectivity index (χ1v) is 6.65. The maximum Gasteiger partial charge on any atom is 0.374 e. The van der Waals surface area contributed by atoms with Crippen molar-refractivity contribution in [2.45, 2.75) is 39.2 Å². The molecule has 1 heterocycles. The summed E-state index contributed by atoms with van der Waals surface area (Å²) in [6.45, 7) is 4.38. The molecule has 0 radical (unpaired) electrons. The Morgan fingerprint density at radius 1 is 1.40 bits per heavy atom. The van der Waals surface area contributed by atoms with Gasteiger partial charge in [0.05, 0.1) is 4.92 Å². The smallest absolute Gasteiger partial charge is 0.374 e. The van der Waals surface area contributed by atoms with Crippen LogP contribution in [0.4, 0.5) is 11.5 Å². The van der Waals surface area contributed by atoms with Crippen LogP contribution in [0, 0.1) is 22.0 Å². The SMILES string of the molecule is CC1CCC(Oc2ncnc(NN)c2[N+](=O)[O-])CC1C. The van der Waals surface area contributed by atoms with E-state index in [-0.39, 0.29) is 23.5 Å². The molecule has 20 heavy (non-hydrogen) atoms. The zero-order valence-corrected chi connectivity index (χ0v) is 11.6. The predicted octanol–water partition coefficient (Wildman–Crippen LogP) is 1.87. The first-order valence-electron chi connectivity index (χ1n) is 6.65. The third kappa shape index (κ3) is 2.96. The molecule has 0 aromatic carbocycles. The van der Waals surface area contributed by atoms with Crippen molar-refractivity contribution in [3.8, 4) is 5.88 Å². The van der Waals surface area contributed by atoms with Crippen LogP contribution in [0.1, 0.15) is 33.1 Å². The van der Waals surface area contributed by atoms with E-state index in [1.54, 1.807) is 0 Å². The van der Waals surface area contributed by atoms with E-state index >= 15 is 0 Å². The number of nitrogens with one attached hydrogen (secondary N) is 1. The Bertz CT molecular complexity index is 496. The summed E-state index contributed by atoms with van der Waals surface area (Å²) in [4.78, 5) is 18.1. The summed E-state index contributed by atoms with van der Waals surface area (Å²) in [6.07, 6.45) is 3.94. The van der Waals surface area contributed by atoms with Gasteiger partial charge >= 0.3 is 5.69 Å². The maximum atomic E-state index is 11.1. The van der Waals surface area contributed by atoms with Gasteiger partial charge < -0.3 is 10.2 Å². The molecule has 1 saturated carbocycles. The fourth-order valence-corrected chi connectivity index (χ4v) is 2.48. The molecule has 1 aromatic rings. The molecule has 0 amide bonds. The summed E-state index contributed by atoms with van der Waals surface area (Å²) in [5, 5.41) is 11.1. The molecule has 110 valence electrons. The molecule has 0 spiro atoms. The van der Waals surface area contributed by atoms with Gasteiger partial charge in [0.2, 0.25) is 5.82 Å². The number of anilines is 1. The van der Waals surface area contributed by atoms with E-state index in [4.69, 9.17) is 10.6 Å². The number of hydrazine groups is 1. The van der Waals surface area contributed by atoms with E-state index in [9.17, 15) is 10.1 Å². The van der Waals surface area contributed by atoms with E-state index in [0.29, 0.717) is 11.8 Å². The molecule has 1 aliphatic carbocycles. The molecule has 3 atom stereocenters. The standard InChI is InChI=1S/C12H19N5O3/c1-7-3-4-9(5-8(7)2)20-12-10(17(18)19)11(16-13)14-6-15-12/h6-9H,3-5,13H2,1-2H3,(H,14,15,16). The third-order valence-electron chi connectivity index (χ3n) is 3.94. The van der Waals surface area contributed by atoms with Gasteiger partial charge in [-0.2, -0.15) is 4.98 Å². The zero-order chi connectivity index (χ0) is 14.7. The lowest BCUT2D eigenvalue weighted by Gasteiger charge is -2.31. The topological polar surface area (TPSA) is 116 Å². The summed E-state index contributed by atoms with van der Waals surface area (Å²) in [7, 11) is 0. The fourth-order valence-electron chi connectivity index (χ4n) is 2.48. The monoisotopic (exact) mass is 281 g/mol. The molecule has 0 aliphatic heterocycles. The number of hydrogen-bond acceptors (Lipinski definition) is 7. The van der Waals surface area contributed by atoms with Gasteiger partial charge in [0.1, 0.15) is 12.4 Å². The largest absolute Gasteiger partial charge is 0.469 e. The van der Waals surface area contributed by atoms with Crippen molar-refractivity contribution in [3.05, 3.63) is 16.4 Å². The summed E-state index contributed by atoms with van der Waals surface area (Å²) in [5.74, 6) is 6.34. The van der Waals surface area contributed by atoms with Gasteiger partial charge in [0.15, 0.2) is 0 Å².